The molecule has 0 N–H and O–H groups in total. The van der Waals surface area contributed by atoms with Gasteiger partial charge in [-0.3, -0.25) is 9.97 Å². The van der Waals surface area contributed by atoms with Crippen molar-refractivity contribution in [1.82, 2.24) is 15.0 Å². The third-order valence-corrected chi connectivity index (χ3v) is 4.72. The lowest BCUT2D eigenvalue weighted by Crippen LogP contribution is -1.99. The molecule has 0 unspecified atom stereocenters. The van der Waals surface area contributed by atoms with E-state index in [0.717, 1.165) is 41.4 Å². The lowest BCUT2D eigenvalue weighted by molar-refractivity contribution is 0.117. The average Bonchev–Trinajstić information content (AvgIpc) is 2.71. The summed E-state index contributed by atoms with van der Waals surface area (Å²) in [6.45, 7) is 3.48. The highest BCUT2D eigenvalue weighted by Gasteiger charge is 2.10. The normalized spacial score (nSPS) is 11.0. The molecule has 3 heterocycles. The van der Waals surface area contributed by atoms with Gasteiger partial charge in [-0.1, -0.05) is 49.4 Å². The van der Waals surface area contributed by atoms with E-state index in [1.54, 1.807) is 12.4 Å². The van der Waals surface area contributed by atoms with Gasteiger partial charge in [0.05, 0.1) is 39.4 Å². The number of rotatable bonds is 9. The molecule has 0 atom stereocenters. The van der Waals surface area contributed by atoms with E-state index >= 15 is 0 Å². The van der Waals surface area contributed by atoms with Gasteiger partial charge in [0.15, 0.2) is 0 Å². The van der Waals surface area contributed by atoms with Gasteiger partial charge in [-0.05, 0) is 48.4 Å². The van der Waals surface area contributed by atoms with Gasteiger partial charge in [0.2, 0.25) is 0 Å². The third kappa shape index (κ3) is 5.99. The Morgan fingerprint density at radius 1 is 0.786 bits per heavy atom. The number of ether oxygens (including phenoxy) is 1. The Balaban J connectivity index is 1.83. The van der Waals surface area contributed by atoms with Crippen molar-refractivity contribution in [3.63, 3.8) is 0 Å². The minimum atomic E-state index is 0.524. The van der Waals surface area contributed by atoms with E-state index in [0.29, 0.717) is 16.7 Å². The van der Waals surface area contributed by atoms with Crippen LogP contribution in [0.15, 0.2) is 48.8 Å². The zero-order valence-corrected chi connectivity index (χ0v) is 17.4. The molecule has 4 nitrogen and oxygen atoms in total. The molecule has 6 heteroatoms. The standard InChI is InChI=1S/C22H23Cl2N3O/c1-2-3-4-5-10-28-15-16-11-21(19-8-6-17(23)13-25-19)27-22(12-16)20-9-7-18(24)14-26-20/h6-9,11-14H,2-5,10,15H2,1H3. The summed E-state index contributed by atoms with van der Waals surface area (Å²) >= 11 is 11.9. The van der Waals surface area contributed by atoms with E-state index in [1.165, 1.54) is 19.3 Å². The first kappa shape index (κ1) is 20.7. The van der Waals surface area contributed by atoms with E-state index in [4.69, 9.17) is 32.9 Å². The maximum atomic E-state index is 5.97. The van der Waals surface area contributed by atoms with E-state index in [2.05, 4.69) is 16.9 Å². The summed E-state index contributed by atoms with van der Waals surface area (Å²) in [5.74, 6) is 0. The number of aromatic nitrogens is 3. The lowest BCUT2D eigenvalue weighted by Gasteiger charge is -2.10. The van der Waals surface area contributed by atoms with Crippen LogP contribution in [0.25, 0.3) is 22.8 Å². The van der Waals surface area contributed by atoms with Crippen LogP contribution in [0.1, 0.15) is 38.2 Å². The molecule has 0 bridgehead atoms. The van der Waals surface area contributed by atoms with Crippen LogP contribution in [-0.4, -0.2) is 21.6 Å². The van der Waals surface area contributed by atoms with Gasteiger partial charge in [-0.15, -0.1) is 0 Å². The van der Waals surface area contributed by atoms with Crippen molar-refractivity contribution < 1.29 is 4.74 Å². The van der Waals surface area contributed by atoms with Crippen LogP contribution >= 0.6 is 23.2 Å². The second-order valence-electron chi connectivity index (χ2n) is 6.58. The van der Waals surface area contributed by atoms with Crippen molar-refractivity contribution in [2.24, 2.45) is 0 Å². The fourth-order valence-corrected chi connectivity index (χ4v) is 3.03. The smallest absolute Gasteiger partial charge is 0.0897 e. The monoisotopic (exact) mass is 415 g/mol. The van der Waals surface area contributed by atoms with E-state index in [-0.39, 0.29) is 0 Å². The van der Waals surface area contributed by atoms with Crippen LogP contribution in [-0.2, 0) is 11.3 Å². The Kier molecular flexibility index (Phi) is 7.78. The average molecular weight is 416 g/mol. The van der Waals surface area contributed by atoms with E-state index < -0.39 is 0 Å². The molecule has 0 aliphatic carbocycles. The number of hydrogen-bond donors (Lipinski definition) is 0. The fraction of sp³-hybridized carbons (Fsp3) is 0.318. The first-order valence-electron chi connectivity index (χ1n) is 9.48. The Morgan fingerprint density at radius 2 is 1.39 bits per heavy atom. The molecule has 0 aliphatic heterocycles. The molecule has 0 fully saturated rings. The van der Waals surface area contributed by atoms with Gasteiger partial charge >= 0.3 is 0 Å². The molecule has 0 aromatic carbocycles. The first-order chi connectivity index (χ1) is 13.7. The van der Waals surface area contributed by atoms with Gasteiger partial charge in [0.25, 0.3) is 0 Å². The third-order valence-electron chi connectivity index (χ3n) is 4.28. The largest absolute Gasteiger partial charge is 0.377 e. The summed E-state index contributed by atoms with van der Waals surface area (Å²) in [4.78, 5) is 13.5. The fourth-order valence-electron chi connectivity index (χ4n) is 2.81. The highest BCUT2D eigenvalue weighted by atomic mass is 35.5. The van der Waals surface area contributed by atoms with Crippen molar-refractivity contribution in [1.29, 1.82) is 0 Å². The van der Waals surface area contributed by atoms with Gasteiger partial charge in [-0.2, -0.15) is 0 Å². The van der Waals surface area contributed by atoms with Crippen molar-refractivity contribution in [2.75, 3.05) is 6.61 Å². The molecule has 0 aliphatic rings. The Labute approximate surface area is 175 Å². The van der Waals surface area contributed by atoms with E-state index in [9.17, 15) is 0 Å². The van der Waals surface area contributed by atoms with Crippen LogP contribution < -0.4 is 0 Å². The molecule has 3 aromatic rings. The van der Waals surface area contributed by atoms with Crippen LogP contribution in [0.5, 0.6) is 0 Å². The summed E-state index contributed by atoms with van der Waals surface area (Å²) in [6.07, 6.45) is 7.99. The molecule has 0 saturated heterocycles. The van der Waals surface area contributed by atoms with Gasteiger partial charge < -0.3 is 4.74 Å². The maximum Gasteiger partial charge on any atom is 0.0897 e. The number of hydrogen-bond acceptors (Lipinski definition) is 4. The highest BCUT2D eigenvalue weighted by molar-refractivity contribution is 6.30. The maximum absolute atomic E-state index is 5.97. The predicted molar refractivity (Wildman–Crippen MR) is 115 cm³/mol. The molecule has 0 spiro atoms. The molecule has 0 radical (unpaired) electrons. The summed E-state index contributed by atoms with van der Waals surface area (Å²) in [5, 5.41) is 1.19. The van der Waals surface area contributed by atoms with Crippen LogP contribution in [0.2, 0.25) is 10.0 Å². The van der Waals surface area contributed by atoms with E-state index in [1.807, 2.05) is 36.4 Å². The molecule has 146 valence electrons. The zero-order valence-electron chi connectivity index (χ0n) is 15.9. The Morgan fingerprint density at radius 3 is 1.89 bits per heavy atom. The van der Waals surface area contributed by atoms with Crippen molar-refractivity contribution in [3.8, 4) is 22.8 Å². The number of halogens is 2. The van der Waals surface area contributed by atoms with Gasteiger partial charge in [0, 0.05) is 19.0 Å². The SMILES string of the molecule is CCCCCCOCc1cc(-c2ccc(Cl)cn2)nc(-c2ccc(Cl)cn2)c1. The summed E-state index contributed by atoms with van der Waals surface area (Å²) in [6, 6.07) is 11.3. The Bertz CT molecular complexity index is 820. The topological polar surface area (TPSA) is 47.9 Å². The molecule has 0 saturated carbocycles. The highest BCUT2D eigenvalue weighted by Crippen LogP contribution is 2.24. The van der Waals surface area contributed by atoms with Gasteiger partial charge in [0.1, 0.15) is 0 Å². The second-order valence-corrected chi connectivity index (χ2v) is 7.46. The molecule has 3 aromatic heterocycles. The summed E-state index contributed by atoms with van der Waals surface area (Å²) in [5.41, 5.74) is 4.06. The second kappa shape index (κ2) is 10.5. The van der Waals surface area contributed by atoms with Crippen LogP contribution in [0.4, 0.5) is 0 Å². The number of nitrogens with zero attached hydrogens (tertiary/aromatic N) is 3. The molecule has 0 amide bonds. The first-order valence-corrected chi connectivity index (χ1v) is 10.2. The van der Waals surface area contributed by atoms with Crippen molar-refractivity contribution >= 4 is 23.2 Å². The molecular weight excluding hydrogens is 393 g/mol. The minimum absolute atomic E-state index is 0.524. The number of unbranched alkanes of at least 4 members (excludes halogenated alkanes) is 3. The zero-order chi connectivity index (χ0) is 19.8. The Hall–Kier alpha value is -2.01. The summed E-state index contributed by atoms with van der Waals surface area (Å²) in [7, 11) is 0. The van der Waals surface area contributed by atoms with Crippen LogP contribution in [0, 0.1) is 0 Å². The van der Waals surface area contributed by atoms with Crippen molar-refractivity contribution in [3.05, 3.63) is 64.4 Å². The summed E-state index contributed by atoms with van der Waals surface area (Å²) < 4.78 is 5.88. The quantitative estimate of drug-likeness (QED) is 0.368. The van der Waals surface area contributed by atoms with Gasteiger partial charge in [-0.25, -0.2) is 4.98 Å². The lowest BCUT2D eigenvalue weighted by atomic mass is 10.1. The predicted octanol–water partition coefficient (Wildman–Crippen LogP) is 6.61. The number of pyridine rings is 3. The molecule has 28 heavy (non-hydrogen) atoms. The minimum Gasteiger partial charge on any atom is -0.377 e. The van der Waals surface area contributed by atoms with Crippen molar-refractivity contribution in [2.45, 2.75) is 39.2 Å². The molecule has 3 rings (SSSR count). The van der Waals surface area contributed by atoms with Crippen LogP contribution in [0.3, 0.4) is 0 Å². The molecular formula is C22H23Cl2N3O.